The Bertz CT molecular complexity index is 1030. The number of carbonyl (C=O) groups is 1. The maximum atomic E-state index is 12.9. The molecule has 0 fully saturated rings. The van der Waals surface area contributed by atoms with E-state index >= 15 is 0 Å². The molecular weight excluding hydrogens is 481 g/mol. The number of hydrogen-bond acceptors (Lipinski definition) is 6. The number of aromatic hydroxyl groups is 1. The van der Waals surface area contributed by atoms with Crippen molar-refractivity contribution in [2.24, 2.45) is 0 Å². The van der Waals surface area contributed by atoms with Crippen LogP contribution in [0.15, 0.2) is 35.2 Å². The van der Waals surface area contributed by atoms with E-state index in [0.29, 0.717) is 0 Å². The van der Waals surface area contributed by atoms with E-state index in [1.54, 1.807) is 6.07 Å². The molecule has 0 aliphatic rings. The number of aliphatic hydroxyl groups excluding tert-OH is 2. The number of amides is 2. The van der Waals surface area contributed by atoms with Gasteiger partial charge in [0.15, 0.2) is 5.75 Å². The molecule has 164 valence electrons. The van der Waals surface area contributed by atoms with Gasteiger partial charge in [-0.05, 0) is 24.3 Å². The monoisotopic (exact) mass is 497 g/mol. The Morgan fingerprint density at radius 3 is 2.13 bits per heavy atom. The molecule has 0 aliphatic carbocycles. The fourth-order valence-corrected chi connectivity index (χ4v) is 4.84. The highest BCUT2D eigenvalue weighted by Crippen LogP contribution is 2.38. The van der Waals surface area contributed by atoms with E-state index in [2.05, 4.69) is 10.6 Å². The van der Waals surface area contributed by atoms with Crippen molar-refractivity contribution >= 4 is 62.2 Å². The van der Waals surface area contributed by atoms with Crippen molar-refractivity contribution in [3.63, 3.8) is 0 Å². The summed E-state index contributed by atoms with van der Waals surface area (Å²) in [7, 11) is -4.40. The maximum absolute atomic E-state index is 12.9. The van der Waals surface area contributed by atoms with Crippen LogP contribution in [0.3, 0.4) is 0 Å². The Morgan fingerprint density at radius 2 is 1.53 bits per heavy atom. The van der Waals surface area contributed by atoms with Gasteiger partial charge in [-0.2, -0.15) is 4.31 Å². The molecule has 0 aliphatic heterocycles. The molecule has 2 rings (SSSR count). The number of benzene rings is 2. The number of hydrogen-bond donors (Lipinski definition) is 5. The number of urea groups is 1. The molecule has 0 heterocycles. The number of rotatable bonds is 8. The number of aliphatic hydroxyl groups is 2. The number of anilines is 2. The van der Waals surface area contributed by atoms with Crippen LogP contribution in [0.5, 0.6) is 5.75 Å². The highest BCUT2D eigenvalue weighted by molar-refractivity contribution is 7.89. The lowest BCUT2D eigenvalue weighted by Gasteiger charge is -2.22. The van der Waals surface area contributed by atoms with E-state index in [1.807, 2.05) is 0 Å². The number of nitrogens with zero attached hydrogens (tertiary/aromatic N) is 1. The first kappa shape index (κ1) is 24.5. The molecule has 2 amide bonds. The molecule has 0 saturated heterocycles. The minimum atomic E-state index is -4.40. The number of halogens is 3. The largest absolute Gasteiger partial charge is 0.504 e. The highest BCUT2D eigenvalue weighted by Gasteiger charge is 2.31. The molecule has 0 spiro atoms. The van der Waals surface area contributed by atoms with Crippen LogP contribution in [-0.4, -0.2) is 60.4 Å². The predicted octanol–water partition coefficient (Wildman–Crippen LogP) is 2.97. The van der Waals surface area contributed by atoms with Crippen molar-refractivity contribution in [3.8, 4) is 5.75 Å². The first-order valence-electron chi connectivity index (χ1n) is 8.38. The standard InChI is InChI=1S/C17H18Cl3N3O6S/c18-10-2-1-3-12(14(10)20)21-17(27)22-13-5-4-11(19)16(15(13)26)30(28,29)23(6-8-24)7-9-25/h1-5,24-26H,6-9H2,(H2,21,22,27). The Balaban J connectivity index is 2.35. The van der Waals surface area contributed by atoms with Crippen LogP contribution >= 0.6 is 34.8 Å². The van der Waals surface area contributed by atoms with Gasteiger partial charge in [0.1, 0.15) is 4.90 Å². The molecule has 13 heteroatoms. The first-order valence-corrected chi connectivity index (χ1v) is 11.0. The van der Waals surface area contributed by atoms with Crippen molar-refractivity contribution < 1.29 is 28.5 Å². The molecule has 0 atom stereocenters. The fraction of sp³-hybridized carbons (Fsp3) is 0.235. The summed E-state index contributed by atoms with van der Waals surface area (Å²) in [5.41, 5.74) is -0.0541. The second-order valence-corrected chi connectivity index (χ2v) is 8.87. The predicted molar refractivity (Wildman–Crippen MR) is 115 cm³/mol. The van der Waals surface area contributed by atoms with Crippen molar-refractivity contribution in [3.05, 3.63) is 45.4 Å². The summed E-state index contributed by atoms with van der Waals surface area (Å²) >= 11 is 17.9. The number of carbonyl (C=O) groups excluding carboxylic acids is 1. The lowest BCUT2D eigenvalue weighted by atomic mass is 10.3. The van der Waals surface area contributed by atoms with Crippen molar-refractivity contribution in [1.29, 1.82) is 0 Å². The molecule has 5 N–H and O–H groups in total. The van der Waals surface area contributed by atoms with Gasteiger partial charge >= 0.3 is 6.03 Å². The molecule has 30 heavy (non-hydrogen) atoms. The molecule has 0 aromatic heterocycles. The molecule has 0 radical (unpaired) electrons. The average Bonchev–Trinajstić information content (AvgIpc) is 2.67. The van der Waals surface area contributed by atoms with Gasteiger partial charge in [-0.15, -0.1) is 0 Å². The summed E-state index contributed by atoms with van der Waals surface area (Å²) < 4.78 is 26.5. The third kappa shape index (κ3) is 5.46. The van der Waals surface area contributed by atoms with Crippen LogP contribution in [0.25, 0.3) is 0 Å². The minimum absolute atomic E-state index is 0.0987. The van der Waals surface area contributed by atoms with Gasteiger partial charge in [-0.3, -0.25) is 0 Å². The van der Waals surface area contributed by atoms with Crippen molar-refractivity contribution in [1.82, 2.24) is 4.31 Å². The molecule has 2 aromatic rings. The smallest absolute Gasteiger partial charge is 0.323 e. The Morgan fingerprint density at radius 1 is 0.933 bits per heavy atom. The van der Waals surface area contributed by atoms with Crippen LogP contribution in [0.4, 0.5) is 16.2 Å². The third-order valence-electron chi connectivity index (χ3n) is 3.83. The fourth-order valence-electron chi connectivity index (χ4n) is 2.47. The highest BCUT2D eigenvalue weighted by atomic mass is 35.5. The van der Waals surface area contributed by atoms with Crippen LogP contribution in [-0.2, 0) is 10.0 Å². The zero-order valence-corrected chi connectivity index (χ0v) is 18.4. The summed E-state index contributed by atoms with van der Waals surface area (Å²) in [6, 6.07) is 6.13. The molecule has 0 unspecified atom stereocenters. The Kier molecular flexibility index (Phi) is 8.56. The van der Waals surface area contributed by atoms with E-state index in [1.165, 1.54) is 24.3 Å². The van der Waals surface area contributed by atoms with Gasteiger partial charge in [0.2, 0.25) is 10.0 Å². The van der Waals surface area contributed by atoms with Gasteiger partial charge in [0, 0.05) is 13.1 Å². The second kappa shape index (κ2) is 10.5. The third-order valence-corrected chi connectivity index (χ3v) is 7.05. The zero-order valence-electron chi connectivity index (χ0n) is 15.3. The Hall–Kier alpha value is -1.79. The molecule has 2 aromatic carbocycles. The number of sulfonamides is 1. The quantitative estimate of drug-likeness (QED) is 0.355. The topological polar surface area (TPSA) is 139 Å². The van der Waals surface area contributed by atoms with Gasteiger partial charge in [-0.1, -0.05) is 40.9 Å². The maximum Gasteiger partial charge on any atom is 0.323 e. The molecule has 0 saturated carbocycles. The van der Waals surface area contributed by atoms with Gasteiger partial charge in [-0.25, -0.2) is 13.2 Å². The first-order chi connectivity index (χ1) is 14.1. The van der Waals surface area contributed by atoms with Gasteiger partial charge in [0.25, 0.3) is 0 Å². The van der Waals surface area contributed by atoms with E-state index in [4.69, 9.17) is 45.0 Å². The van der Waals surface area contributed by atoms with Crippen molar-refractivity contribution in [2.45, 2.75) is 4.90 Å². The van der Waals surface area contributed by atoms with Crippen LogP contribution in [0, 0.1) is 0 Å². The van der Waals surface area contributed by atoms with E-state index in [0.717, 1.165) is 4.31 Å². The molecule has 0 bridgehead atoms. The van der Waals surface area contributed by atoms with Crippen molar-refractivity contribution in [2.75, 3.05) is 36.9 Å². The van der Waals surface area contributed by atoms with E-state index in [9.17, 15) is 18.3 Å². The van der Waals surface area contributed by atoms with Gasteiger partial charge in [0.05, 0.1) is 39.7 Å². The molecular formula is C17H18Cl3N3O6S. The Labute approximate surface area is 187 Å². The normalized spacial score (nSPS) is 11.5. The zero-order chi connectivity index (χ0) is 22.5. The second-order valence-electron chi connectivity index (χ2n) is 5.80. The van der Waals surface area contributed by atoms with E-state index < -0.39 is 39.9 Å². The summed E-state index contributed by atoms with van der Waals surface area (Å²) in [5, 5.41) is 33.4. The average molecular weight is 499 g/mol. The number of nitrogens with one attached hydrogen (secondary N) is 2. The van der Waals surface area contributed by atoms with Crippen LogP contribution in [0.1, 0.15) is 0 Å². The molecule has 9 nitrogen and oxygen atoms in total. The van der Waals surface area contributed by atoms with Crippen LogP contribution in [0.2, 0.25) is 15.1 Å². The van der Waals surface area contributed by atoms with E-state index in [-0.39, 0.29) is 39.5 Å². The van der Waals surface area contributed by atoms with Crippen LogP contribution < -0.4 is 10.6 Å². The van der Waals surface area contributed by atoms with Gasteiger partial charge < -0.3 is 26.0 Å². The SMILES string of the molecule is O=C(Nc1ccc(Cl)c(S(=O)(=O)N(CCO)CCO)c1O)Nc1cccc(Cl)c1Cl. The lowest BCUT2D eigenvalue weighted by molar-refractivity contribution is 0.217. The minimum Gasteiger partial charge on any atom is -0.504 e. The number of phenols is 1. The number of phenolic OH excluding ortho intramolecular Hbond substituents is 1. The summed E-state index contributed by atoms with van der Waals surface area (Å²) in [5.74, 6) is -0.810. The lowest BCUT2D eigenvalue weighted by Crippen LogP contribution is -2.36. The summed E-state index contributed by atoms with van der Waals surface area (Å²) in [6.45, 7) is -1.69. The summed E-state index contributed by atoms with van der Waals surface area (Å²) in [4.78, 5) is 11.6. The summed E-state index contributed by atoms with van der Waals surface area (Å²) in [6.07, 6.45) is 0.